The van der Waals surface area contributed by atoms with Gasteiger partial charge in [0, 0.05) is 18.7 Å². The van der Waals surface area contributed by atoms with E-state index in [1.54, 1.807) is 0 Å². The van der Waals surface area contributed by atoms with E-state index in [2.05, 4.69) is 27.5 Å². The highest BCUT2D eigenvalue weighted by Gasteiger charge is 2.34. The molecule has 1 aromatic rings. The Morgan fingerprint density at radius 1 is 1.44 bits per heavy atom. The molecule has 0 spiro atoms. The van der Waals surface area contributed by atoms with Gasteiger partial charge >= 0.3 is 5.97 Å². The van der Waals surface area contributed by atoms with E-state index >= 15 is 0 Å². The van der Waals surface area contributed by atoms with Crippen LogP contribution in [0.25, 0.3) is 0 Å². The number of hydrogen-bond acceptors (Lipinski definition) is 5. The summed E-state index contributed by atoms with van der Waals surface area (Å²) in [6.07, 6.45) is 3.87. The van der Waals surface area contributed by atoms with Gasteiger partial charge in [-0.3, -0.25) is 4.79 Å². The van der Waals surface area contributed by atoms with Gasteiger partial charge in [-0.2, -0.15) is 0 Å². The maximum atomic E-state index is 10.7. The van der Waals surface area contributed by atoms with Crippen molar-refractivity contribution in [3.8, 4) is 0 Å². The van der Waals surface area contributed by atoms with Gasteiger partial charge in [0.2, 0.25) is 0 Å². The lowest BCUT2D eigenvalue weighted by Crippen LogP contribution is -2.39. The van der Waals surface area contributed by atoms with Crippen molar-refractivity contribution < 1.29 is 9.90 Å². The largest absolute Gasteiger partial charge is 0.481 e. The van der Waals surface area contributed by atoms with Crippen LogP contribution in [0.3, 0.4) is 0 Å². The summed E-state index contributed by atoms with van der Waals surface area (Å²) in [6.45, 7) is 2.97. The fourth-order valence-corrected chi connectivity index (χ4v) is 1.93. The van der Waals surface area contributed by atoms with Crippen LogP contribution in [-0.4, -0.2) is 33.6 Å². The van der Waals surface area contributed by atoms with Crippen LogP contribution in [0.15, 0.2) is 12.4 Å². The molecule has 1 saturated carbocycles. The van der Waals surface area contributed by atoms with E-state index in [9.17, 15) is 4.79 Å². The minimum absolute atomic E-state index is 0.206. The highest BCUT2D eigenvalue weighted by atomic mass is 16.4. The Hall–Kier alpha value is -1.85. The number of aromatic nitrogens is 2. The molecule has 0 atom stereocenters. The van der Waals surface area contributed by atoms with Gasteiger partial charge in [-0.15, -0.1) is 0 Å². The van der Waals surface area contributed by atoms with Gasteiger partial charge in [0.15, 0.2) is 0 Å². The van der Waals surface area contributed by atoms with Gasteiger partial charge in [-0.05, 0) is 19.3 Å². The molecule has 0 radical (unpaired) electrons. The van der Waals surface area contributed by atoms with Crippen molar-refractivity contribution in [2.24, 2.45) is 5.92 Å². The van der Waals surface area contributed by atoms with E-state index in [0.29, 0.717) is 12.8 Å². The zero-order valence-electron chi connectivity index (χ0n) is 10.4. The third-order valence-electron chi connectivity index (χ3n) is 3.06. The second-order valence-corrected chi connectivity index (χ2v) is 4.56. The van der Waals surface area contributed by atoms with Gasteiger partial charge in [-0.1, -0.05) is 6.92 Å². The third-order valence-corrected chi connectivity index (χ3v) is 3.06. The zero-order valence-corrected chi connectivity index (χ0v) is 10.4. The molecule has 1 fully saturated rings. The highest BCUT2D eigenvalue weighted by Crippen LogP contribution is 2.30. The van der Waals surface area contributed by atoms with E-state index in [0.717, 1.165) is 24.6 Å². The first-order valence-electron chi connectivity index (χ1n) is 6.24. The molecule has 1 aliphatic carbocycles. The van der Waals surface area contributed by atoms with Crippen molar-refractivity contribution >= 4 is 17.6 Å². The van der Waals surface area contributed by atoms with E-state index in [1.807, 2.05) is 6.07 Å². The van der Waals surface area contributed by atoms with E-state index in [4.69, 9.17) is 5.11 Å². The van der Waals surface area contributed by atoms with Gasteiger partial charge in [0.25, 0.3) is 0 Å². The van der Waals surface area contributed by atoms with Crippen LogP contribution < -0.4 is 10.6 Å². The predicted octanol–water partition coefficient (Wildman–Crippen LogP) is 1.57. The van der Waals surface area contributed by atoms with Crippen LogP contribution in [0.1, 0.15) is 26.2 Å². The van der Waals surface area contributed by atoms with E-state index in [1.165, 1.54) is 6.33 Å². The summed E-state index contributed by atoms with van der Waals surface area (Å²) in [4.78, 5) is 18.9. The molecule has 0 saturated heterocycles. The molecular formula is C12H18N4O2. The van der Waals surface area contributed by atoms with Crippen molar-refractivity contribution in [2.75, 3.05) is 17.2 Å². The number of anilines is 2. The molecule has 98 valence electrons. The Balaban J connectivity index is 1.85. The topological polar surface area (TPSA) is 87.1 Å². The van der Waals surface area contributed by atoms with Crippen LogP contribution in [-0.2, 0) is 4.79 Å². The summed E-state index contributed by atoms with van der Waals surface area (Å²) < 4.78 is 0. The molecule has 0 bridgehead atoms. The molecule has 2 rings (SSSR count). The van der Waals surface area contributed by atoms with Crippen LogP contribution in [0, 0.1) is 5.92 Å². The maximum Gasteiger partial charge on any atom is 0.306 e. The second-order valence-electron chi connectivity index (χ2n) is 4.56. The molecule has 0 amide bonds. The summed E-state index contributed by atoms with van der Waals surface area (Å²) in [5.74, 6) is 0.629. The Labute approximate surface area is 106 Å². The zero-order chi connectivity index (χ0) is 13.0. The van der Waals surface area contributed by atoms with Crippen molar-refractivity contribution in [3.05, 3.63) is 12.4 Å². The Kier molecular flexibility index (Phi) is 3.96. The van der Waals surface area contributed by atoms with Crippen LogP contribution in [0.4, 0.5) is 11.6 Å². The number of nitrogens with zero attached hydrogens (tertiary/aromatic N) is 2. The van der Waals surface area contributed by atoms with Gasteiger partial charge in [0.1, 0.15) is 18.0 Å². The monoisotopic (exact) mass is 250 g/mol. The fourth-order valence-electron chi connectivity index (χ4n) is 1.93. The predicted molar refractivity (Wildman–Crippen MR) is 68.6 cm³/mol. The van der Waals surface area contributed by atoms with Crippen molar-refractivity contribution in [3.63, 3.8) is 0 Å². The highest BCUT2D eigenvalue weighted by molar-refractivity contribution is 5.71. The molecule has 3 N–H and O–H groups in total. The lowest BCUT2D eigenvalue weighted by atomic mass is 9.80. The number of nitrogens with one attached hydrogen (secondary N) is 2. The lowest BCUT2D eigenvalue weighted by molar-refractivity contribution is -0.144. The molecule has 6 nitrogen and oxygen atoms in total. The molecule has 18 heavy (non-hydrogen) atoms. The quantitative estimate of drug-likeness (QED) is 0.710. The number of hydrogen-bond donors (Lipinski definition) is 3. The van der Waals surface area contributed by atoms with Gasteiger partial charge in [0.05, 0.1) is 5.92 Å². The number of rotatable bonds is 6. The normalized spacial score (nSPS) is 22.1. The molecule has 6 heteroatoms. The second kappa shape index (κ2) is 5.66. The van der Waals surface area contributed by atoms with Crippen LogP contribution >= 0.6 is 0 Å². The Bertz CT molecular complexity index is 418. The van der Waals surface area contributed by atoms with Gasteiger partial charge < -0.3 is 15.7 Å². The minimum Gasteiger partial charge on any atom is -0.481 e. The lowest BCUT2D eigenvalue weighted by Gasteiger charge is -2.33. The first kappa shape index (κ1) is 12.6. The molecular weight excluding hydrogens is 232 g/mol. The Morgan fingerprint density at radius 2 is 2.17 bits per heavy atom. The van der Waals surface area contributed by atoms with Crippen molar-refractivity contribution in [1.82, 2.24) is 9.97 Å². The average Bonchev–Trinajstić information content (AvgIpc) is 2.30. The maximum absolute atomic E-state index is 10.7. The number of carbonyl (C=O) groups is 1. The standard InChI is InChI=1S/C12H18N4O2/c1-2-3-13-10-6-11(15-7-14-10)16-9-4-8(5-9)12(17)18/h6-9H,2-5H2,1H3,(H,17,18)(H2,13,14,15,16). The average molecular weight is 250 g/mol. The summed E-state index contributed by atoms with van der Waals surface area (Å²) in [5.41, 5.74) is 0. The molecule has 1 heterocycles. The molecule has 1 aromatic heterocycles. The first-order valence-corrected chi connectivity index (χ1v) is 6.24. The van der Waals surface area contributed by atoms with Gasteiger partial charge in [-0.25, -0.2) is 9.97 Å². The fraction of sp³-hybridized carbons (Fsp3) is 0.583. The third kappa shape index (κ3) is 3.09. The van der Waals surface area contributed by atoms with E-state index < -0.39 is 5.97 Å². The summed E-state index contributed by atoms with van der Waals surface area (Å²) in [5, 5.41) is 15.2. The minimum atomic E-state index is -0.707. The Morgan fingerprint density at radius 3 is 2.83 bits per heavy atom. The van der Waals surface area contributed by atoms with Crippen molar-refractivity contribution in [2.45, 2.75) is 32.2 Å². The number of carboxylic acid groups (broad SMARTS) is 1. The summed E-state index contributed by atoms with van der Waals surface area (Å²) in [6, 6.07) is 2.06. The molecule has 0 unspecified atom stereocenters. The number of aliphatic carboxylic acids is 1. The number of carboxylic acids is 1. The summed E-state index contributed by atoms with van der Waals surface area (Å²) in [7, 11) is 0. The summed E-state index contributed by atoms with van der Waals surface area (Å²) >= 11 is 0. The van der Waals surface area contributed by atoms with E-state index in [-0.39, 0.29) is 12.0 Å². The van der Waals surface area contributed by atoms with Crippen molar-refractivity contribution in [1.29, 1.82) is 0 Å². The van der Waals surface area contributed by atoms with Crippen LogP contribution in [0.2, 0.25) is 0 Å². The SMILES string of the molecule is CCCNc1cc(NC2CC(C(=O)O)C2)ncn1. The molecule has 0 aromatic carbocycles. The smallest absolute Gasteiger partial charge is 0.306 e. The van der Waals surface area contributed by atoms with Crippen LogP contribution in [0.5, 0.6) is 0 Å². The first-order chi connectivity index (χ1) is 8.69. The molecule has 1 aliphatic rings. The molecule has 0 aliphatic heterocycles.